The number of nitrogens with one attached hydrogen (secondary N) is 2. The largest absolute Gasteiger partial charge is 0.350 e. The predicted molar refractivity (Wildman–Crippen MR) is 75.8 cm³/mol. The number of hydrogen-bond donors (Lipinski definition) is 2. The Morgan fingerprint density at radius 2 is 1.71 bits per heavy atom. The highest BCUT2D eigenvalue weighted by atomic mass is 19.1. The van der Waals surface area contributed by atoms with Crippen molar-refractivity contribution in [1.82, 2.24) is 10.3 Å². The molecule has 21 heavy (non-hydrogen) atoms. The number of H-pyrrole nitrogens is 1. The Balaban J connectivity index is 1.73. The van der Waals surface area contributed by atoms with Crippen molar-refractivity contribution in [3.8, 4) is 0 Å². The maximum absolute atomic E-state index is 13.1. The molecule has 0 aliphatic heterocycles. The Bertz CT molecular complexity index is 794. The van der Waals surface area contributed by atoms with Crippen molar-refractivity contribution in [2.24, 2.45) is 0 Å². The number of amides is 1. The van der Waals surface area contributed by atoms with Gasteiger partial charge in [0.2, 0.25) is 0 Å². The first-order chi connectivity index (χ1) is 10.1. The molecule has 0 atom stereocenters. The van der Waals surface area contributed by atoms with Crippen molar-refractivity contribution in [3.63, 3.8) is 0 Å². The van der Waals surface area contributed by atoms with Gasteiger partial charge in [0, 0.05) is 17.4 Å². The molecule has 0 radical (unpaired) electrons. The van der Waals surface area contributed by atoms with E-state index >= 15 is 0 Å². The van der Waals surface area contributed by atoms with Gasteiger partial charge in [0.1, 0.15) is 17.3 Å². The molecule has 3 aromatic rings. The van der Waals surface area contributed by atoms with Gasteiger partial charge in [-0.25, -0.2) is 8.78 Å². The molecule has 2 aromatic carbocycles. The highest BCUT2D eigenvalue weighted by Gasteiger charge is 2.09. The van der Waals surface area contributed by atoms with Crippen LogP contribution in [0.4, 0.5) is 8.78 Å². The zero-order valence-corrected chi connectivity index (χ0v) is 11.0. The number of carbonyl (C=O) groups is 1. The smallest absolute Gasteiger partial charge is 0.267 e. The van der Waals surface area contributed by atoms with Gasteiger partial charge < -0.3 is 10.3 Å². The zero-order chi connectivity index (χ0) is 14.8. The minimum atomic E-state index is -0.359. The van der Waals surface area contributed by atoms with Crippen LogP contribution < -0.4 is 5.32 Å². The van der Waals surface area contributed by atoms with Gasteiger partial charge in [0.05, 0.1) is 0 Å². The van der Waals surface area contributed by atoms with Gasteiger partial charge in [0.15, 0.2) is 0 Å². The van der Waals surface area contributed by atoms with Crippen LogP contribution >= 0.6 is 0 Å². The fraction of sp³-hybridized carbons (Fsp3) is 0.0625. The highest BCUT2D eigenvalue weighted by Crippen LogP contribution is 2.16. The molecular formula is C16H12F2N2O. The third kappa shape index (κ3) is 2.91. The molecule has 0 saturated heterocycles. The minimum Gasteiger partial charge on any atom is -0.350 e. The molecule has 0 bridgehead atoms. The summed E-state index contributed by atoms with van der Waals surface area (Å²) in [4.78, 5) is 14.9. The molecule has 0 spiro atoms. The van der Waals surface area contributed by atoms with Crippen LogP contribution in [0, 0.1) is 11.6 Å². The van der Waals surface area contributed by atoms with E-state index in [0.717, 1.165) is 10.9 Å². The molecule has 5 heteroatoms. The van der Waals surface area contributed by atoms with Gasteiger partial charge in [-0.05, 0) is 42.0 Å². The standard InChI is InChI=1S/C16H12F2N2O/c17-12-4-1-10(2-5-12)9-19-16(21)15-7-11-3-6-13(18)8-14(11)20-15/h1-8,20H,9H2,(H,19,21). The van der Waals surface area contributed by atoms with Crippen LogP contribution in [-0.4, -0.2) is 10.9 Å². The zero-order valence-electron chi connectivity index (χ0n) is 11.0. The maximum Gasteiger partial charge on any atom is 0.267 e. The fourth-order valence-corrected chi connectivity index (χ4v) is 2.10. The molecule has 0 saturated carbocycles. The van der Waals surface area contributed by atoms with Crippen molar-refractivity contribution >= 4 is 16.8 Å². The number of benzene rings is 2. The Kier molecular flexibility index (Phi) is 3.39. The van der Waals surface area contributed by atoms with Crippen molar-refractivity contribution < 1.29 is 13.6 Å². The molecule has 0 aliphatic rings. The van der Waals surface area contributed by atoms with Gasteiger partial charge in [0.25, 0.3) is 5.91 Å². The van der Waals surface area contributed by atoms with E-state index in [2.05, 4.69) is 10.3 Å². The number of hydrogen-bond acceptors (Lipinski definition) is 1. The SMILES string of the molecule is O=C(NCc1ccc(F)cc1)c1cc2ccc(F)cc2[nH]1. The molecule has 0 aliphatic carbocycles. The Labute approximate surface area is 119 Å². The van der Waals surface area contributed by atoms with Gasteiger partial charge in [-0.1, -0.05) is 12.1 Å². The molecule has 1 aromatic heterocycles. The van der Waals surface area contributed by atoms with Crippen molar-refractivity contribution in [1.29, 1.82) is 0 Å². The number of fused-ring (bicyclic) bond motifs is 1. The van der Waals surface area contributed by atoms with E-state index in [4.69, 9.17) is 0 Å². The molecule has 2 N–H and O–H groups in total. The molecule has 3 rings (SSSR count). The molecule has 1 amide bonds. The maximum atomic E-state index is 13.1. The molecule has 1 heterocycles. The van der Waals surface area contributed by atoms with E-state index in [-0.39, 0.29) is 17.5 Å². The van der Waals surface area contributed by atoms with E-state index < -0.39 is 0 Å². The van der Waals surface area contributed by atoms with E-state index in [1.165, 1.54) is 24.3 Å². The van der Waals surface area contributed by atoms with Gasteiger partial charge in [-0.2, -0.15) is 0 Å². The van der Waals surface area contributed by atoms with Gasteiger partial charge >= 0.3 is 0 Å². The second-order valence-electron chi connectivity index (χ2n) is 4.72. The van der Waals surface area contributed by atoms with Crippen LogP contribution in [0.1, 0.15) is 16.1 Å². The third-order valence-corrected chi connectivity index (χ3v) is 3.20. The summed E-state index contributed by atoms with van der Waals surface area (Å²) in [5.41, 5.74) is 1.73. The summed E-state index contributed by atoms with van der Waals surface area (Å²) in [6, 6.07) is 11.8. The Hall–Kier alpha value is -2.69. The summed E-state index contributed by atoms with van der Waals surface area (Å²) in [6.45, 7) is 0.294. The van der Waals surface area contributed by atoms with Crippen molar-refractivity contribution in [2.75, 3.05) is 0 Å². The number of aromatic amines is 1. The molecule has 3 nitrogen and oxygen atoms in total. The lowest BCUT2D eigenvalue weighted by atomic mass is 10.2. The summed E-state index contributed by atoms with van der Waals surface area (Å²) in [7, 11) is 0. The summed E-state index contributed by atoms with van der Waals surface area (Å²) in [6.07, 6.45) is 0. The molecule has 0 unspecified atom stereocenters. The summed E-state index contributed by atoms with van der Waals surface area (Å²) in [5.74, 6) is -0.971. The highest BCUT2D eigenvalue weighted by molar-refractivity contribution is 5.97. The number of aromatic nitrogens is 1. The van der Waals surface area contributed by atoms with Crippen molar-refractivity contribution in [3.05, 3.63) is 71.4 Å². The van der Waals surface area contributed by atoms with Crippen molar-refractivity contribution in [2.45, 2.75) is 6.54 Å². The Morgan fingerprint density at radius 3 is 2.48 bits per heavy atom. The van der Waals surface area contributed by atoms with Crippen LogP contribution in [0.2, 0.25) is 0 Å². The first-order valence-corrected chi connectivity index (χ1v) is 6.43. The van der Waals surface area contributed by atoms with Crippen LogP contribution in [0.3, 0.4) is 0 Å². The lowest BCUT2D eigenvalue weighted by molar-refractivity contribution is 0.0947. The van der Waals surface area contributed by atoms with Crippen LogP contribution in [0.5, 0.6) is 0 Å². The second kappa shape index (κ2) is 5.36. The van der Waals surface area contributed by atoms with Gasteiger partial charge in [-0.3, -0.25) is 4.79 Å². The van der Waals surface area contributed by atoms with Crippen LogP contribution in [0.25, 0.3) is 10.9 Å². The van der Waals surface area contributed by atoms with E-state index in [1.54, 1.807) is 24.3 Å². The molecular weight excluding hydrogens is 274 g/mol. The quantitative estimate of drug-likeness (QED) is 0.761. The van der Waals surface area contributed by atoms with E-state index in [1.807, 2.05) is 0 Å². The monoisotopic (exact) mass is 286 g/mol. The van der Waals surface area contributed by atoms with Crippen LogP contribution in [-0.2, 0) is 6.54 Å². The normalized spacial score (nSPS) is 10.8. The summed E-state index contributed by atoms with van der Waals surface area (Å²) in [5, 5.41) is 3.49. The summed E-state index contributed by atoms with van der Waals surface area (Å²) >= 11 is 0. The summed E-state index contributed by atoms with van der Waals surface area (Å²) < 4.78 is 25.9. The Morgan fingerprint density at radius 1 is 1.00 bits per heavy atom. The average Bonchev–Trinajstić information content (AvgIpc) is 2.89. The minimum absolute atomic E-state index is 0.294. The van der Waals surface area contributed by atoms with E-state index in [0.29, 0.717) is 17.8 Å². The van der Waals surface area contributed by atoms with E-state index in [9.17, 15) is 13.6 Å². The predicted octanol–water partition coefficient (Wildman–Crippen LogP) is 3.38. The number of rotatable bonds is 3. The second-order valence-corrected chi connectivity index (χ2v) is 4.72. The number of carbonyl (C=O) groups excluding carboxylic acids is 1. The average molecular weight is 286 g/mol. The topological polar surface area (TPSA) is 44.9 Å². The lowest BCUT2D eigenvalue weighted by Crippen LogP contribution is -2.23. The first-order valence-electron chi connectivity index (χ1n) is 6.43. The lowest BCUT2D eigenvalue weighted by Gasteiger charge is -2.03. The number of halogens is 2. The molecule has 0 fully saturated rings. The van der Waals surface area contributed by atoms with Crippen LogP contribution in [0.15, 0.2) is 48.5 Å². The first kappa shape index (κ1) is 13.3. The molecule has 106 valence electrons. The third-order valence-electron chi connectivity index (χ3n) is 3.20. The van der Waals surface area contributed by atoms with Gasteiger partial charge in [-0.15, -0.1) is 0 Å². The fourth-order valence-electron chi connectivity index (χ4n) is 2.10.